The van der Waals surface area contributed by atoms with Gasteiger partial charge in [0.15, 0.2) is 5.78 Å². The van der Waals surface area contributed by atoms with Crippen molar-refractivity contribution in [1.29, 1.82) is 0 Å². The Kier molecular flexibility index (Phi) is 4.74. The van der Waals surface area contributed by atoms with Crippen LogP contribution in [0.4, 0.5) is 0 Å². The predicted molar refractivity (Wildman–Crippen MR) is 79.6 cm³/mol. The minimum absolute atomic E-state index is 0.174. The molecule has 102 valence electrons. The monoisotopic (exact) mass is 258 g/mol. The molecule has 2 aromatic rings. The number of fused-ring (bicyclic) bond motifs is 1. The van der Waals surface area contributed by atoms with Crippen molar-refractivity contribution in [3.8, 4) is 0 Å². The predicted octanol–water partition coefficient (Wildman–Crippen LogP) is 3.14. The fourth-order valence-electron chi connectivity index (χ4n) is 2.36. The van der Waals surface area contributed by atoms with Crippen LogP contribution in [-0.2, 0) is 7.05 Å². The normalized spacial score (nSPS) is 11.1. The Bertz CT molecular complexity index is 557. The fourth-order valence-corrected chi connectivity index (χ4v) is 2.36. The van der Waals surface area contributed by atoms with Gasteiger partial charge in [0.2, 0.25) is 0 Å². The molecule has 0 atom stereocenters. The third-order valence-corrected chi connectivity index (χ3v) is 3.44. The summed E-state index contributed by atoms with van der Waals surface area (Å²) in [5, 5.41) is 4.28. The topological polar surface area (TPSA) is 34.0 Å². The number of hydrogen-bond acceptors (Lipinski definition) is 2. The van der Waals surface area contributed by atoms with E-state index in [2.05, 4.69) is 12.2 Å². The van der Waals surface area contributed by atoms with Crippen molar-refractivity contribution in [2.24, 2.45) is 7.05 Å². The van der Waals surface area contributed by atoms with Gasteiger partial charge in [-0.15, -0.1) is 0 Å². The number of nitrogens with zero attached hydrogens (tertiary/aromatic N) is 1. The van der Waals surface area contributed by atoms with Crippen LogP contribution in [0.2, 0.25) is 0 Å². The van der Waals surface area contributed by atoms with Crippen LogP contribution in [0.5, 0.6) is 0 Å². The van der Waals surface area contributed by atoms with E-state index in [1.165, 1.54) is 12.8 Å². The third-order valence-electron chi connectivity index (χ3n) is 3.44. The van der Waals surface area contributed by atoms with Crippen molar-refractivity contribution in [2.45, 2.75) is 26.2 Å². The Morgan fingerprint density at radius 3 is 2.84 bits per heavy atom. The fraction of sp³-hybridized carbons (Fsp3) is 0.438. The molecule has 0 fully saturated rings. The molecule has 0 bridgehead atoms. The molecular formula is C16H22N2O. The van der Waals surface area contributed by atoms with Crippen LogP contribution < -0.4 is 5.32 Å². The summed E-state index contributed by atoms with van der Waals surface area (Å²) >= 11 is 0. The van der Waals surface area contributed by atoms with Gasteiger partial charge in [0, 0.05) is 29.7 Å². The summed E-state index contributed by atoms with van der Waals surface area (Å²) < 4.78 is 2.01. The van der Waals surface area contributed by atoms with Crippen LogP contribution in [0.1, 0.15) is 36.5 Å². The Balaban J connectivity index is 2.01. The lowest BCUT2D eigenvalue weighted by atomic mass is 10.1. The zero-order valence-corrected chi connectivity index (χ0v) is 11.8. The van der Waals surface area contributed by atoms with Crippen LogP contribution in [0, 0.1) is 0 Å². The van der Waals surface area contributed by atoms with Crippen molar-refractivity contribution in [1.82, 2.24) is 9.88 Å². The molecule has 1 N–H and O–H groups in total. The summed E-state index contributed by atoms with van der Waals surface area (Å²) in [4.78, 5) is 12.2. The SMILES string of the molecule is CCCCCNCC(=O)c1cn(C)c2ccccc12. The molecule has 0 amide bonds. The summed E-state index contributed by atoms with van der Waals surface area (Å²) in [5.74, 6) is 0.174. The quantitative estimate of drug-likeness (QED) is 0.611. The first-order chi connectivity index (χ1) is 9.24. The van der Waals surface area contributed by atoms with Gasteiger partial charge in [-0.1, -0.05) is 38.0 Å². The second kappa shape index (κ2) is 6.53. The lowest BCUT2D eigenvalue weighted by Crippen LogP contribution is -2.23. The van der Waals surface area contributed by atoms with E-state index in [4.69, 9.17) is 0 Å². The average Bonchev–Trinajstić information content (AvgIpc) is 2.76. The molecule has 0 saturated carbocycles. The van der Waals surface area contributed by atoms with Crippen molar-refractivity contribution >= 4 is 16.7 Å². The molecule has 0 unspecified atom stereocenters. The molecule has 2 rings (SSSR count). The number of carbonyl (C=O) groups is 1. The molecule has 0 saturated heterocycles. The molecule has 19 heavy (non-hydrogen) atoms. The second-order valence-corrected chi connectivity index (χ2v) is 4.98. The number of Topliss-reactive ketones (excluding diaryl/α,β-unsaturated/α-hetero) is 1. The van der Waals surface area contributed by atoms with E-state index < -0.39 is 0 Å². The first-order valence-corrected chi connectivity index (χ1v) is 7.02. The Hall–Kier alpha value is -1.61. The van der Waals surface area contributed by atoms with Crippen LogP contribution in [0.25, 0.3) is 10.9 Å². The van der Waals surface area contributed by atoms with E-state index in [1.807, 2.05) is 42.1 Å². The minimum Gasteiger partial charge on any atom is -0.350 e. The highest BCUT2D eigenvalue weighted by Gasteiger charge is 2.12. The van der Waals surface area contributed by atoms with Gasteiger partial charge >= 0.3 is 0 Å². The van der Waals surface area contributed by atoms with E-state index in [0.29, 0.717) is 6.54 Å². The highest BCUT2D eigenvalue weighted by Crippen LogP contribution is 2.20. The zero-order valence-electron chi connectivity index (χ0n) is 11.8. The van der Waals surface area contributed by atoms with Crippen LogP contribution in [0.3, 0.4) is 0 Å². The number of aryl methyl sites for hydroxylation is 1. The van der Waals surface area contributed by atoms with Crippen molar-refractivity contribution < 1.29 is 4.79 Å². The third kappa shape index (κ3) is 3.24. The van der Waals surface area contributed by atoms with E-state index >= 15 is 0 Å². The highest BCUT2D eigenvalue weighted by atomic mass is 16.1. The smallest absolute Gasteiger partial charge is 0.178 e. The molecule has 3 heteroatoms. The van der Waals surface area contributed by atoms with Crippen molar-refractivity contribution in [3.05, 3.63) is 36.0 Å². The Morgan fingerprint density at radius 2 is 2.05 bits per heavy atom. The first-order valence-electron chi connectivity index (χ1n) is 7.02. The van der Waals surface area contributed by atoms with Gasteiger partial charge < -0.3 is 9.88 Å². The van der Waals surface area contributed by atoms with Gasteiger partial charge in [0.1, 0.15) is 0 Å². The minimum atomic E-state index is 0.174. The number of rotatable bonds is 7. The van der Waals surface area contributed by atoms with Gasteiger partial charge in [-0.05, 0) is 19.0 Å². The number of hydrogen-bond donors (Lipinski definition) is 1. The molecule has 1 heterocycles. The summed E-state index contributed by atoms with van der Waals surface area (Å²) in [7, 11) is 1.98. The molecule has 1 aromatic heterocycles. The molecule has 0 spiro atoms. The molecule has 0 radical (unpaired) electrons. The lowest BCUT2D eigenvalue weighted by Gasteiger charge is -2.02. The maximum atomic E-state index is 12.2. The molecular weight excluding hydrogens is 236 g/mol. The van der Waals surface area contributed by atoms with Crippen LogP contribution in [-0.4, -0.2) is 23.4 Å². The summed E-state index contributed by atoms with van der Waals surface area (Å²) in [6.07, 6.45) is 5.49. The van der Waals surface area contributed by atoms with Crippen LogP contribution >= 0.6 is 0 Å². The van der Waals surface area contributed by atoms with E-state index in [1.54, 1.807) is 0 Å². The van der Waals surface area contributed by atoms with Crippen molar-refractivity contribution in [3.63, 3.8) is 0 Å². The number of benzene rings is 1. The number of aromatic nitrogens is 1. The van der Waals surface area contributed by atoms with E-state index in [9.17, 15) is 4.79 Å². The molecule has 1 aromatic carbocycles. The number of ketones is 1. The molecule has 0 aliphatic rings. The van der Waals surface area contributed by atoms with Crippen LogP contribution in [0.15, 0.2) is 30.5 Å². The number of para-hydroxylation sites is 1. The maximum absolute atomic E-state index is 12.2. The van der Waals surface area contributed by atoms with Gasteiger partial charge in [0.25, 0.3) is 0 Å². The average molecular weight is 258 g/mol. The lowest BCUT2D eigenvalue weighted by molar-refractivity contribution is 0.0992. The number of nitrogens with one attached hydrogen (secondary N) is 1. The molecule has 0 aliphatic heterocycles. The number of carbonyl (C=O) groups excluding carboxylic acids is 1. The van der Waals surface area contributed by atoms with Gasteiger partial charge in [0.05, 0.1) is 6.54 Å². The van der Waals surface area contributed by atoms with Gasteiger partial charge in [-0.25, -0.2) is 0 Å². The summed E-state index contributed by atoms with van der Waals surface area (Å²) in [6.45, 7) is 3.53. The second-order valence-electron chi connectivity index (χ2n) is 4.98. The standard InChI is InChI=1S/C16H22N2O/c1-3-4-7-10-17-11-16(19)14-12-18(2)15-9-6-5-8-13(14)15/h5-6,8-9,12,17H,3-4,7,10-11H2,1-2H3. The van der Waals surface area contributed by atoms with E-state index in [-0.39, 0.29) is 5.78 Å². The molecule has 0 aliphatic carbocycles. The number of unbranched alkanes of at least 4 members (excludes halogenated alkanes) is 2. The summed E-state index contributed by atoms with van der Waals surface area (Å²) in [6, 6.07) is 8.04. The zero-order chi connectivity index (χ0) is 13.7. The van der Waals surface area contributed by atoms with Gasteiger partial charge in [-0.3, -0.25) is 4.79 Å². The largest absolute Gasteiger partial charge is 0.350 e. The van der Waals surface area contributed by atoms with Gasteiger partial charge in [-0.2, -0.15) is 0 Å². The summed E-state index contributed by atoms with van der Waals surface area (Å²) in [5.41, 5.74) is 1.93. The highest BCUT2D eigenvalue weighted by molar-refractivity contribution is 6.09. The first kappa shape index (κ1) is 13.8. The van der Waals surface area contributed by atoms with E-state index in [0.717, 1.165) is 29.4 Å². The Morgan fingerprint density at radius 1 is 1.26 bits per heavy atom. The molecule has 3 nitrogen and oxygen atoms in total. The maximum Gasteiger partial charge on any atom is 0.178 e. The van der Waals surface area contributed by atoms with Crippen molar-refractivity contribution in [2.75, 3.05) is 13.1 Å². The Labute approximate surface area is 114 Å².